The molecular weight excluding hydrogens is 236 g/mol. The largest absolute Gasteiger partial charge is 0.326 e. The standard InChI is InChI=1S/C16H20N2O/c1-3-12-11-4-6-14-13(5-7-15(19)18-14)16(12,17)9-10(2)8-11/h3,5,7-8,11H,4,6,9,17H2,1-2H3,(H,18,19)/b12-3-/t11?,16-/m1/s1. The molecule has 2 atom stereocenters. The highest BCUT2D eigenvalue weighted by Crippen LogP contribution is 2.46. The van der Waals surface area contributed by atoms with Gasteiger partial charge in [-0.05, 0) is 50.3 Å². The van der Waals surface area contributed by atoms with Gasteiger partial charge in [0, 0.05) is 17.7 Å². The molecule has 0 fully saturated rings. The van der Waals surface area contributed by atoms with E-state index in [-0.39, 0.29) is 5.56 Å². The fourth-order valence-electron chi connectivity index (χ4n) is 3.76. The van der Waals surface area contributed by atoms with Crippen molar-refractivity contribution in [3.8, 4) is 0 Å². The maximum absolute atomic E-state index is 11.5. The highest BCUT2D eigenvalue weighted by atomic mass is 16.1. The molecule has 1 heterocycles. The molecular formula is C16H20N2O. The Labute approximate surface area is 113 Å². The van der Waals surface area contributed by atoms with Crippen molar-refractivity contribution in [2.45, 2.75) is 38.6 Å². The van der Waals surface area contributed by atoms with Crippen LogP contribution in [-0.2, 0) is 12.0 Å². The fourth-order valence-corrected chi connectivity index (χ4v) is 3.76. The monoisotopic (exact) mass is 256 g/mol. The molecule has 0 saturated heterocycles. The number of H-pyrrole nitrogens is 1. The first-order valence-electron chi connectivity index (χ1n) is 6.90. The smallest absolute Gasteiger partial charge is 0.248 e. The molecule has 1 unspecified atom stereocenters. The van der Waals surface area contributed by atoms with Crippen molar-refractivity contribution in [1.29, 1.82) is 0 Å². The predicted octanol–water partition coefficient (Wildman–Crippen LogP) is 2.39. The molecule has 0 radical (unpaired) electrons. The summed E-state index contributed by atoms with van der Waals surface area (Å²) in [5.41, 5.74) is 11.0. The van der Waals surface area contributed by atoms with Gasteiger partial charge in [0.05, 0.1) is 5.54 Å². The van der Waals surface area contributed by atoms with E-state index >= 15 is 0 Å². The van der Waals surface area contributed by atoms with Gasteiger partial charge in [-0.25, -0.2) is 0 Å². The first kappa shape index (κ1) is 12.4. The van der Waals surface area contributed by atoms with Gasteiger partial charge in [0.2, 0.25) is 5.56 Å². The van der Waals surface area contributed by atoms with E-state index < -0.39 is 5.54 Å². The normalized spacial score (nSPS) is 31.6. The van der Waals surface area contributed by atoms with Crippen LogP contribution in [0, 0.1) is 5.92 Å². The average Bonchev–Trinajstić information content (AvgIpc) is 2.41. The second-order valence-electron chi connectivity index (χ2n) is 5.77. The second kappa shape index (κ2) is 4.20. The minimum absolute atomic E-state index is 0.0366. The lowest BCUT2D eigenvalue weighted by atomic mass is 9.70. The molecule has 0 aromatic carbocycles. The molecule has 19 heavy (non-hydrogen) atoms. The average molecular weight is 256 g/mol. The van der Waals surface area contributed by atoms with Gasteiger partial charge in [-0.1, -0.05) is 17.7 Å². The molecule has 0 aliphatic heterocycles. The molecule has 1 aromatic heterocycles. The van der Waals surface area contributed by atoms with E-state index in [1.165, 1.54) is 11.1 Å². The summed E-state index contributed by atoms with van der Waals surface area (Å²) in [6.45, 7) is 4.22. The van der Waals surface area contributed by atoms with Crippen molar-refractivity contribution in [2.24, 2.45) is 11.7 Å². The van der Waals surface area contributed by atoms with Crippen molar-refractivity contribution in [3.05, 3.63) is 57.0 Å². The quantitative estimate of drug-likeness (QED) is 0.700. The molecule has 3 heteroatoms. The number of rotatable bonds is 0. The topological polar surface area (TPSA) is 58.9 Å². The van der Waals surface area contributed by atoms with Crippen molar-refractivity contribution < 1.29 is 0 Å². The third-order valence-corrected chi connectivity index (χ3v) is 4.46. The van der Waals surface area contributed by atoms with E-state index in [2.05, 4.69) is 31.0 Å². The Bertz CT molecular complexity index is 638. The van der Waals surface area contributed by atoms with Gasteiger partial charge in [0.25, 0.3) is 0 Å². The Balaban J connectivity index is 2.28. The molecule has 3 nitrogen and oxygen atoms in total. The lowest BCUT2D eigenvalue weighted by Gasteiger charge is -2.39. The van der Waals surface area contributed by atoms with E-state index in [1.54, 1.807) is 6.07 Å². The molecule has 3 N–H and O–H groups in total. The Morgan fingerprint density at radius 2 is 2.26 bits per heavy atom. The number of hydrogen-bond acceptors (Lipinski definition) is 2. The molecule has 0 spiro atoms. The number of hydrogen-bond donors (Lipinski definition) is 2. The van der Waals surface area contributed by atoms with Crippen LogP contribution in [0.4, 0.5) is 0 Å². The van der Waals surface area contributed by atoms with E-state index in [1.807, 2.05) is 6.07 Å². The minimum Gasteiger partial charge on any atom is -0.326 e. The maximum atomic E-state index is 11.5. The van der Waals surface area contributed by atoms with Crippen LogP contribution in [-0.4, -0.2) is 4.98 Å². The molecule has 0 amide bonds. The lowest BCUT2D eigenvalue weighted by molar-refractivity contribution is 0.450. The van der Waals surface area contributed by atoms with Crippen LogP contribution in [0.1, 0.15) is 37.9 Å². The van der Waals surface area contributed by atoms with Crippen LogP contribution in [0.25, 0.3) is 0 Å². The van der Waals surface area contributed by atoms with Gasteiger partial charge in [0.1, 0.15) is 0 Å². The Hall–Kier alpha value is -1.61. The van der Waals surface area contributed by atoms with Gasteiger partial charge >= 0.3 is 0 Å². The first-order chi connectivity index (χ1) is 9.04. The van der Waals surface area contributed by atoms with Gasteiger partial charge in [-0.15, -0.1) is 0 Å². The van der Waals surface area contributed by atoms with Gasteiger partial charge in [-0.3, -0.25) is 4.79 Å². The van der Waals surface area contributed by atoms with Crippen LogP contribution < -0.4 is 11.3 Å². The van der Waals surface area contributed by atoms with Crippen molar-refractivity contribution in [2.75, 3.05) is 0 Å². The number of fused-ring (bicyclic) bond motifs is 4. The highest BCUT2D eigenvalue weighted by Gasteiger charge is 2.41. The summed E-state index contributed by atoms with van der Waals surface area (Å²) in [5.74, 6) is 0.402. The van der Waals surface area contributed by atoms with Gasteiger partial charge in [-0.2, -0.15) is 0 Å². The van der Waals surface area contributed by atoms with E-state index in [0.717, 1.165) is 30.5 Å². The summed E-state index contributed by atoms with van der Waals surface area (Å²) in [7, 11) is 0. The van der Waals surface area contributed by atoms with Crippen LogP contribution in [0.5, 0.6) is 0 Å². The van der Waals surface area contributed by atoms with Crippen LogP contribution >= 0.6 is 0 Å². The number of pyridine rings is 1. The predicted molar refractivity (Wildman–Crippen MR) is 76.9 cm³/mol. The van der Waals surface area contributed by atoms with E-state index in [9.17, 15) is 4.79 Å². The number of aromatic amines is 1. The van der Waals surface area contributed by atoms with Gasteiger partial charge < -0.3 is 10.7 Å². The van der Waals surface area contributed by atoms with Crippen molar-refractivity contribution in [3.63, 3.8) is 0 Å². The molecule has 0 saturated carbocycles. The molecule has 2 aliphatic rings. The SMILES string of the molecule is C/C=C1/C2C=C(C)C[C@]1(N)c1ccc(=O)[nH]c1CC2. The fraction of sp³-hybridized carbons (Fsp3) is 0.438. The first-order valence-corrected chi connectivity index (χ1v) is 6.90. The number of nitrogens with two attached hydrogens (primary N) is 1. The minimum atomic E-state index is -0.450. The molecule has 1 aromatic rings. The Kier molecular flexibility index (Phi) is 2.75. The lowest BCUT2D eigenvalue weighted by Crippen LogP contribution is -2.43. The number of allylic oxidation sites excluding steroid dienone is 2. The number of nitrogens with one attached hydrogen (secondary N) is 1. The van der Waals surface area contributed by atoms with E-state index in [4.69, 9.17) is 5.73 Å². The van der Waals surface area contributed by atoms with Crippen molar-refractivity contribution in [1.82, 2.24) is 4.98 Å². The third-order valence-electron chi connectivity index (χ3n) is 4.46. The van der Waals surface area contributed by atoms with Crippen molar-refractivity contribution >= 4 is 0 Å². The summed E-state index contributed by atoms with van der Waals surface area (Å²) in [5, 5.41) is 0. The second-order valence-corrected chi connectivity index (χ2v) is 5.77. The zero-order valence-corrected chi connectivity index (χ0v) is 11.5. The Morgan fingerprint density at radius 3 is 3.00 bits per heavy atom. The summed E-state index contributed by atoms with van der Waals surface area (Å²) in [6.07, 6.45) is 7.24. The summed E-state index contributed by atoms with van der Waals surface area (Å²) < 4.78 is 0. The summed E-state index contributed by atoms with van der Waals surface area (Å²) >= 11 is 0. The van der Waals surface area contributed by atoms with Crippen LogP contribution in [0.3, 0.4) is 0 Å². The molecule has 2 aliphatic carbocycles. The summed E-state index contributed by atoms with van der Waals surface area (Å²) in [4.78, 5) is 14.5. The van der Waals surface area contributed by atoms with Crippen LogP contribution in [0.15, 0.2) is 40.2 Å². The maximum Gasteiger partial charge on any atom is 0.248 e. The molecule has 100 valence electrons. The number of aromatic nitrogens is 1. The van der Waals surface area contributed by atoms with Crippen LogP contribution in [0.2, 0.25) is 0 Å². The number of aryl methyl sites for hydroxylation is 1. The third kappa shape index (κ3) is 1.80. The van der Waals surface area contributed by atoms with Gasteiger partial charge in [0.15, 0.2) is 0 Å². The molecule has 3 rings (SSSR count). The highest BCUT2D eigenvalue weighted by molar-refractivity contribution is 5.46. The Morgan fingerprint density at radius 1 is 1.47 bits per heavy atom. The van der Waals surface area contributed by atoms with E-state index in [0.29, 0.717) is 5.92 Å². The molecule has 2 bridgehead atoms. The zero-order chi connectivity index (χ0) is 13.6. The summed E-state index contributed by atoms with van der Waals surface area (Å²) in [6, 6.07) is 3.51. The zero-order valence-electron chi connectivity index (χ0n) is 11.5.